The van der Waals surface area contributed by atoms with Crippen LogP contribution in [-0.4, -0.2) is 42.7 Å². The van der Waals surface area contributed by atoms with Crippen molar-refractivity contribution in [2.24, 2.45) is 0 Å². The van der Waals surface area contributed by atoms with Crippen molar-refractivity contribution < 1.29 is 31.8 Å². The topological polar surface area (TPSA) is 86.6 Å². The van der Waals surface area contributed by atoms with E-state index in [4.69, 9.17) is 11.6 Å². The Labute approximate surface area is 131 Å². The Morgan fingerprint density at radius 2 is 1.95 bits per heavy atom. The number of hydrogen-bond donors (Lipinski definition) is 3. The van der Waals surface area contributed by atoms with E-state index in [1.54, 1.807) is 0 Å². The van der Waals surface area contributed by atoms with Gasteiger partial charge in [0.05, 0.1) is 27.0 Å². The van der Waals surface area contributed by atoms with Crippen LogP contribution >= 0.6 is 27.5 Å². The van der Waals surface area contributed by atoms with E-state index in [9.17, 15) is 31.8 Å². The summed E-state index contributed by atoms with van der Waals surface area (Å²) < 4.78 is 60.0. The first-order chi connectivity index (χ1) is 9.50. The van der Waals surface area contributed by atoms with Crippen LogP contribution < -0.4 is 5.32 Å². The lowest BCUT2D eigenvalue weighted by Gasteiger charge is -2.15. The maximum atomic E-state index is 12.5. The number of benzene rings is 1. The summed E-state index contributed by atoms with van der Waals surface area (Å²) in [7, 11) is -5.55. The minimum atomic E-state index is -5.55. The van der Waals surface area contributed by atoms with Crippen molar-refractivity contribution in [3.8, 4) is 5.75 Å². The van der Waals surface area contributed by atoms with E-state index in [0.29, 0.717) is 12.1 Å². The van der Waals surface area contributed by atoms with Crippen LogP contribution in [0.25, 0.3) is 0 Å². The standard InChI is InChI=1S/C10H10BrClF3NO4S/c11-7-1-6(21(19,20)10(13,14)15)2-8(9(7)18)16-4-5(17)3-12/h1-2,5,16-18H,3-4H2. The maximum Gasteiger partial charge on any atom is 0.501 e. The normalized spacial score (nSPS) is 14.0. The van der Waals surface area contributed by atoms with Crippen LogP contribution in [0, 0.1) is 0 Å². The molecule has 0 aromatic heterocycles. The third-order valence-electron chi connectivity index (χ3n) is 2.36. The number of halogens is 5. The van der Waals surface area contributed by atoms with Gasteiger partial charge in [0.1, 0.15) is 0 Å². The maximum absolute atomic E-state index is 12.5. The van der Waals surface area contributed by atoms with Gasteiger partial charge in [-0.1, -0.05) is 0 Å². The minimum absolute atomic E-state index is 0.143. The second kappa shape index (κ2) is 6.59. The Balaban J connectivity index is 3.25. The lowest BCUT2D eigenvalue weighted by atomic mass is 10.3. The molecule has 0 bridgehead atoms. The van der Waals surface area contributed by atoms with Crippen LogP contribution in [0.5, 0.6) is 5.75 Å². The quantitative estimate of drug-likeness (QED) is 0.511. The molecule has 1 atom stereocenters. The highest BCUT2D eigenvalue weighted by molar-refractivity contribution is 9.10. The van der Waals surface area contributed by atoms with Crippen LogP contribution in [0.1, 0.15) is 0 Å². The largest absolute Gasteiger partial charge is 0.505 e. The third-order valence-corrected chi connectivity index (χ3v) is 4.78. The molecule has 11 heteroatoms. The summed E-state index contributed by atoms with van der Waals surface area (Å²) in [6.07, 6.45) is -1.02. The second-order valence-electron chi connectivity index (χ2n) is 3.94. The first kappa shape index (κ1) is 18.3. The molecule has 21 heavy (non-hydrogen) atoms. The number of nitrogens with one attached hydrogen (secondary N) is 1. The van der Waals surface area contributed by atoms with Crippen LogP contribution in [0.15, 0.2) is 21.5 Å². The molecule has 0 radical (unpaired) electrons. The van der Waals surface area contributed by atoms with Crippen LogP contribution in [0.3, 0.4) is 0 Å². The minimum Gasteiger partial charge on any atom is -0.505 e. The molecular formula is C10H10BrClF3NO4S. The van der Waals surface area contributed by atoms with E-state index in [1.165, 1.54) is 0 Å². The van der Waals surface area contributed by atoms with Crippen molar-refractivity contribution in [3.63, 3.8) is 0 Å². The van der Waals surface area contributed by atoms with Gasteiger partial charge in [0.2, 0.25) is 0 Å². The highest BCUT2D eigenvalue weighted by atomic mass is 79.9. The average Bonchev–Trinajstić information content (AvgIpc) is 2.38. The highest BCUT2D eigenvalue weighted by Gasteiger charge is 2.47. The zero-order valence-electron chi connectivity index (χ0n) is 10.2. The van der Waals surface area contributed by atoms with E-state index >= 15 is 0 Å². The Morgan fingerprint density at radius 3 is 2.43 bits per heavy atom. The zero-order valence-corrected chi connectivity index (χ0v) is 13.3. The number of phenolic OH excluding ortho intramolecular Hbond substituents is 1. The summed E-state index contributed by atoms with van der Waals surface area (Å²) in [5, 5.41) is 21.4. The zero-order chi connectivity index (χ0) is 16.4. The molecule has 1 rings (SSSR count). The summed E-state index contributed by atoms with van der Waals surface area (Å²) in [6.45, 7) is -0.182. The molecule has 3 N–H and O–H groups in total. The van der Waals surface area contributed by atoms with Crippen molar-refractivity contribution in [1.82, 2.24) is 0 Å². The number of hydrogen-bond acceptors (Lipinski definition) is 5. The van der Waals surface area contributed by atoms with E-state index in [-0.39, 0.29) is 22.6 Å². The van der Waals surface area contributed by atoms with E-state index in [1.807, 2.05) is 0 Å². The number of sulfone groups is 1. The summed E-state index contributed by atoms with van der Waals surface area (Å²) in [6, 6.07) is 1.27. The average molecular weight is 413 g/mol. The van der Waals surface area contributed by atoms with Crippen LogP contribution in [-0.2, 0) is 9.84 Å². The van der Waals surface area contributed by atoms with Crippen molar-refractivity contribution in [2.45, 2.75) is 16.5 Å². The van der Waals surface area contributed by atoms with Gasteiger partial charge in [0, 0.05) is 6.54 Å². The number of rotatable bonds is 5. The van der Waals surface area contributed by atoms with Gasteiger partial charge < -0.3 is 15.5 Å². The number of alkyl halides is 4. The molecule has 0 amide bonds. The molecule has 0 aliphatic heterocycles. The van der Waals surface area contributed by atoms with Crippen molar-refractivity contribution >= 4 is 43.1 Å². The fourth-order valence-corrected chi connectivity index (χ4v) is 2.81. The molecule has 1 aromatic rings. The number of aliphatic hydroxyl groups is 1. The first-order valence-electron chi connectivity index (χ1n) is 5.32. The highest BCUT2D eigenvalue weighted by Crippen LogP contribution is 2.38. The molecule has 0 aliphatic carbocycles. The van der Waals surface area contributed by atoms with Gasteiger partial charge in [-0.15, -0.1) is 11.6 Å². The Kier molecular flexibility index (Phi) is 5.76. The van der Waals surface area contributed by atoms with Gasteiger partial charge in [0.15, 0.2) is 5.75 Å². The first-order valence-corrected chi connectivity index (χ1v) is 8.13. The smallest absolute Gasteiger partial charge is 0.501 e. The van der Waals surface area contributed by atoms with Crippen LogP contribution in [0.4, 0.5) is 18.9 Å². The molecule has 1 unspecified atom stereocenters. The SMILES string of the molecule is O=S(=O)(c1cc(Br)c(O)c(NCC(O)CCl)c1)C(F)(F)F. The monoisotopic (exact) mass is 411 g/mol. The van der Waals surface area contributed by atoms with Crippen molar-refractivity contribution in [3.05, 3.63) is 16.6 Å². The number of anilines is 1. The van der Waals surface area contributed by atoms with E-state index < -0.39 is 32.1 Å². The lowest BCUT2D eigenvalue weighted by Crippen LogP contribution is -2.24. The number of aliphatic hydroxyl groups excluding tert-OH is 1. The third kappa shape index (κ3) is 4.15. The predicted octanol–water partition coefficient (Wildman–Crippen LogP) is 2.46. The Bertz CT molecular complexity index is 623. The summed E-state index contributed by atoms with van der Waals surface area (Å²) in [4.78, 5) is -1.04. The van der Waals surface area contributed by atoms with E-state index in [0.717, 1.165) is 0 Å². The number of aromatic hydroxyl groups is 1. The second-order valence-corrected chi connectivity index (χ2v) is 7.04. The van der Waals surface area contributed by atoms with Gasteiger partial charge in [-0.05, 0) is 28.1 Å². The molecule has 0 fully saturated rings. The molecule has 1 aromatic carbocycles. The Morgan fingerprint density at radius 1 is 1.38 bits per heavy atom. The van der Waals surface area contributed by atoms with Gasteiger partial charge in [-0.3, -0.25) is 0 Å². The molecule has 120 valence electrons. The predicted molar refractivity (Wildman–Crippen MR) is 74.3 cm³/mol. The fourth-order valence-electron chi connectivity index (χ4n) is 1.28. The molecule has 0 aliphatic rings. The van der Waals surface area contributed by atoms with Gasteiger partial charge in [0.25, 0.3) is 9.84 Å². The molecule has 0 heterocycles. The van der Waals surface area contributed by atoms with Gasteiger partial charge >= 0.3 is 5.51 Å². The molecule has 0 saturated heterocycles. The molecule has 0 spiro atoms. The Hall–Kier alpha value is -0.710. The van der Waals surface area contributed by atoms with Gasteiger partial charge in [-0.2, -0.15) is 13.2 Å². The summed E-state index contributed by atoms with van der Waals surface area (Å²) >= 11 is 8.12. The van der Waals surface area contributed by atoms with Crippen LogP contribution in [0.2, 0.25) is 0 Å². The van der Waals surface area contributed by atoms with Crippen molar-refractivity contribution in [1.29, 1.82) is 0 Å². The molecular weight excluding hydrogens is 403 g/mol. The number of phenols is 1. The molecule has 0 saturated carbocycles. The van der Waals surface area contributed by atoms with E-state index in [2.05, 4.69) is 21.2 Å². The summed E-state index contributed by atoms with van der Waals surface area (Å²) in [5.74, 6) is -0.631. The van der Waals surface area contributed by atoms with Gasteiger partial charge in [-0.25, -0.2) is 8.42 Å². The fraction of sp³-hybridized carbons (Fsp3) is 0.400. The lowest BCUT2D eigenvalue weighted by molar-refractivity contribution is -0.0436. The van der Waals surface area contributed by atoms with Crippen molar-refractivity contribution in [2.75, 3.05) is 17.7 Å². The summed E-state index contributed by atoms with van der Waals surface area (Å²) in [5.41, 5.74) is -5.74. The molecule has 5 nitrogen and oxygen atoms in total.